The summed E-state index contributed by atoms with van der Waals surface area (Å²) >= 11 is 7.87. The Labute approximate surface area is 179 Å². The summed E-state index contributed by atoms with van der Waals surface area (Å²) in [7, 11) is 0. The number of carbonyl (C=O) groups excluding carboxylic acids is 1. The summed E-state index contributed by atoms with van der Waals surface area (Å²) in [6.07, 6.45) is 2.22. The van der Waals surface area contributed by atoms with E-state index >= 15 is 0 Å². The van der Waals surface area contributed by atoms with Crippen LogP contribution < -0.4 is 0 Å². The molecule has 4 rings (SSSR count). The molecule has 150 valence electrons. The molecule has 0 saturated carbocycles. The van der Waals surface area contributed by atoms with Gasteiger partial charge in [-0.05, 0) is 37.0 Å². The zero-order valence-corrected chi connectivity index (χ0v) is 18.7. The lowest BCUT2D eigenvalue weighted by molar-refractivity contribution is -0.117. The van der Waals surface area contributed by atoms with E-state index in [1.165, 1.54) is 4.88 Å². The van der Waals surface area contributed by atoms with E-state index in [0.29, 0.717) is 11.4 Å². The van der Waals surface area contributed by atoms with Crippen LogP contribution in [0.3, 0.4) is 0 Å². The monoisotopic (exact) mass is 426 g/mol. The molecule has 0 amide bonds. The number of carbonyl (C=O) groups is 1. The Balaban J connectivity index is 2.02. The quantitative estimate of drug-likeness (QED) is 0.539. The Hall–Kier alpha value is -2.31. The second-order valence-electron chi connectivity index (χ2n) is 8.42. The maximum Gasteiger partial charge on any atom is 0.163 e. The molecular weight excluding hydrogens is 404 g/mol. The number of aliphatic imine (C=N–C) groups is 1. The lowest BCUT2D eigenvalue weighted by Gasteiger charge is -2.19. The first-order valence-electron chi connectivity index (χ1n) is 9.55. The van der Waals surface area contributed by atoms with E-state index in [2.05, 4.69) is 35.5 Å². The van der Waals surface area contributed by atoms with Crippen molar-refractivity contribution in [1.29, 1.82) is 0 Å². The van der Waals surface area contributed by atoms with Crippen LogP contribution >= 0.6 is 22.9 Å². The highest BCUT2D eigenvalue weighted by Crippen LogP contribution is 2.46. The minimum absolute atomic E-state index is 0.0550. The van der Waals surface area contributed by atoms with Crippen molar-refractivity contribution < 1.29 is 4.79 Å². The van der Waals surface area contributed by atoms with Gasteiger partial charge in [-0.2, -0.15) is 0 Å². The summed E-state index contributed by atoms with van der Waals surface area (Å²) in [5.41, 5.74) is 3.24. The van der Waals surface area contributed by atoms with Gasteiger partial charge in [-0.3, -0.25) is 14.4 Å². The van der Waals surface area contributed by atoms with Crippen LogP contribution in [0.25, 0.3) is 16.1 Å². The molecule has 0 saturated heterocycles. The number of rotatable bonds is 3. The fourth-order valence-corrected chi connectivity index (χ4v) is 5.18. The Morgan fingerprint density at radius 2 is 1.90 bits per heavy atom. The second kappa shape index (κ2) is 7.18. The van der Waals surface area contributed by atoms with Crippen LogP contribution in [0, 0.1) is 6.92 Å². The zero-order valence-electron chi connectivity index (χ0n) is 17.2. The highest BCUT2D eigenvalue weighted by Gasteiger charge is 2.32. The predicted molar refractivity (Wildman–Crippen MR) is 119 cm³/mol. The van der Waals surface area contributed by atoms with Crippen molar-refractivity contribution in [1.82, 2.24) is 14.8 Å². The molecular formula is C22H23ClN4OS. The molecule has 0 aliphatic carbocycles. The summed E-state index contributed by atoms with van der Waals surface area (Å²) in [6.45, 7) is 10.2. The van der Waals surface area contributed by atoms with E-state index in [1.807, 2.05) is 37.4 Å². The van der Waals surface area contributed by atoms with Gasteiger partial charge in [-0.25, -0.2) is 0 Å². The lowest BCUT2D eigenvalue weighted by Crippen LogP contribution is -2.10. The molecule has 0 radical (unpaired) electrons. The van der Waals surface area contributed by atoms with Crippen LogP contribution in [0.2, 0.25) is 5.02 Å². The lowest BCUT2D eigenvalue weighted by atomic mass is 9.87. The largest absolute Gasteiger partial charge is 0.300 e. The number of benzene rings is 1. The van der Waals surface area contributed by atoms with Crippen LogP contribution in [0.4, 0.5) is 0 Å². The van der Waals surface area contributed by atoms with Crippen LogP contribution in [0.1, 0.15) is 62.2 Å². The maximum absolute atomic E-state index is 11.8. The minimum atomic E-state index is -0.329. The number of aryl methyl sites for hydroxylation is 1. The first kappa shape index (κ1) is 20.0. The second-order valence-corrected chi connectivity index (χ2v) is 9.86. The molecule has 1 aliphatic heterocycles. The van der Waals surface area contributed by atoms with Gasteiger partial charge in [0.15, 0.2) is 5.82 Å². The zero-order chi connectivity index (χ0) is 20.9. The summed E-state index contributed by atoms with van der Waals surface area (Å²) in [6, 6.07) is 7.59. The Kier molecular flexibility index (Phi) is 4.95. The van der Waals surface area contributed by atoms with Gasteiger partial charge in [-0.15, -0.1) is 21.5 Å². The van der Waals surface area contributed by atoms with E-state index in [9.17, 15) is 4.79 Å². The van der Waals surface area contributed by atoms with E-state index in [-0.39, 0.29) is 17.2 Å². The van der Waals surface area contributed by atoms with Crippen molar-refractivity contribution >= 4 is 34.9 Å². The number of hydrogen-bond acceptors (Lipinski definition) is 5. The molecule has 1 aromatic carbocycles. The molecule has 1 aliphatic rings. The highest BCUT2D eigenvalue weighted by atomic mass is 35.5. The average molecular weight is 427 g/mol. The van der Waals surface area contributed by atoms with Crippen molar-refractivity contribution in [2.75, 3.05) is 0 Å². The fourth-order valence-electron chi connectivity index (χ4n) is 3.64. The number of halogens is 1. The third-order valence-electron chi connectivity index (χ3n) is 4.96. The Morgan fingerprint density at radius 1 is 1.21 bits per heavy atom. The molecule has 29 heavy (non-hydrogen) atoms. The number of fused-ring (bicyclic) bond motifs is 3. The van der Waals surface area contributed by atoms with Crippen LogP contribution in [-0.2, 0) is 10.2 Å². The molecule has 0 spiro atoms. The molecule has 0 bridgehead atoms. The number of hydrogen-bond donors (Lipinski definition) is 0. The van der Waals surface area contributed by atoms with Gasteiger partial charge in [0.2, 0.25) is 0 Å². The predicted octanol–water partition coefficient (Wildman–Crippen LogP) is 5.71. The molecule has 0 N–H and O–H groups in total. The molecule has 3 heterocycles. The summed E-state index contributed by atoms with van der Waals surface area (Å²) in [4.78, 5) is 17.9. The van der Waals surface area contributed by atoms with Gasteiger partial charge in [0, 0.05) is 33.7 Å². The highest BCUT2D eigenvalue weighted by molar-refractivity contribution is 7.15. The smallest absolute Gasteiger partial charge is 0.163 e. The number of thiophene rings is 1. The van der Waals surface area contributed by atoms with Gasteiger partial charge >= 0.3 is 0 Å². The summed E-state index contributed by atoms with van der Waals surface area (Å²) in [5, 5.41) is 10.4. The summed E-state index contributed by atoms with van der Waals surface area (Å²) in [5.74, 6) is 1.60. The first-order valence-corrected chi connectivity index (χ1v) is 10.7. The van der Waals surface area contributed by atoms with Crippen molar-refractivity contribution in [3.8, 4) is 16.1 Å². The Bertz CT molecular complexity index is 1120. The molecule has 7 heteroatoms. The molecule has 0 fully saturated rings. The van der Waals surface area contributed by atoms with Gasteiger partial charge in [0.25, 0.3) is 0 Å². The molecule has 5 nitrogen and oxygen atoms in total. The van der Waals surface area contributed by atoms with Crippen molar-refractivity contribution in [3.05, 3.63) is 51.4 Å². The SMILES string of the molecule is CC(=O)C[C@@H]1N=Cc2c(sc(C(C)(C)C)c2-c2ccc(Cl)cc2)-n2c(C)nnc21. The van der Waals surface area contributed by atoms with E-state index in [1.54, 1.807) is 18.3 Å². The van der Waals surface area contributed by atoms with Gasteiger partial charge in [0.1, 0.15) is 22.7 Å². The average Bonchev–Trinajstić information content (AvgIpc) is 3.15. The van der Waals surface area contributed by atoms with Gasteiger partial charge in [-0.1, -0.05) is 44.5 Å². The molecule has 1 atom stereocenters. The van der Waals surface area contributed by atoms with Crippen molar-refractivity contribution in [3.63, 3.8) is 0 Å². The van der Waals surface area contributed by atoms with Gasteiger partial charge in [0.05, 0.1) is 0 Å². The normalized spacial score (nSPS) is 15.7. The number of nitrogens with zero attached hydrogens (tertiary/aromatic N) is 4. The standard InChI is InChI=1S/C22H23ClN4OS/c1-12(28)10-17-20-26-25-13(2)27(20)21-16(11-24-17)18(19(29-21)22(3,4)5)14-6-8-15(23)9-7-14/h6-9,11,17H,10H2,1-5H3/t17-/m0/s1. The number of aromatic nitrogens is 3. The number of ketones is 1. The third-order valence-corrected chi connectivity index (χ3v) is 6.82. The molecule has 0 unspecified atom stereocenters. The van der Waals surface area contributed by atoms with E-state index < -0.39 is 0 Å². The Morgan fingerprint density at radius 3 is 2.52 bits per heavy atom. The number of Topliss-reactive ketones (excluding diaryl/α,β-unsaturated/α-hetero) is 1. The van der Waals surface area contributed by atoms with Gasteiger partial charge < -0.3 is 0 Å². The minimum Gasteiger partial charge on any atom is -0.300 e. The van der Waals surface area contributed by atoms with Crippen molar-refractivity contribution in [2.24, 2.45) is 4.99 Å². The maximum atomic E-state index is 11.8. The van der Waals surface area contributed by atoms with Crippen molar-refractivity contribution in [2.45, 2.75) is 52.5 Å². The van der Waals surface area contributed by atoms with E-state index in [0.717, 1.165) is 33.3 Å². The third kappa shape index (κ3) is 3.55. The van der Waals surface area contributed by atoms with E-state index in [4.69, 9.17) is 16.6 Å². The van der Waals surface area contributed by atoms with Crippen LogP contribution in [-0.4, -0.2) is 26.8 Å². The van der Waals surface area contributed by atoms with Crippen LogP contribution in [0.15, 0.2) is 29.3 Å². The fraction of sp³-hybridized carbons (Fsp3) is 0.364. The van der Waals surface area contributed by atoms with Crippen LogP contribution in [0.5, 0.6) is 0 Å². The molecule has 3 aromatic rings. The summed E-state index contributed by atoms with van der Waals surface area (Å²) < 4.78 is 2.06. The topological polar surface area (TPSA) is 60.1 Å². The molecule has 2 aromatic heterocycles. The first-order chi connectivity index (χ1) is 13.7.